The fourth-order valence-electron chi connectivity index (χ4n) is 2.05. The lowest BCUT2D eigenvalue weighted by atomic mass is 10.1. The van der Waals surface area contributed by atoms with Crippen LogP contribution in [0.2, 0.25) is 0 Å². The van der Waals surface area contributed by atoms with Crippen LogP contribution in [0.1, 0.15) is 11.5 Å². The monoisotopic (exact) mass is 322 g/mol. The summed E-state index contributed by atoms with van der Waals surface area (Å²) in [5, 5.41) is 0. The van der Waals surface area contributed by atoms with E-state index in [4.69, 9.17) is 0 Å². The molecule has 23 heavy (non-hydrogen) atoms. The summed E-state index contributed by atoms with van der Waals surface area (Å²) in [6.45, 7) is 1.63. The standard InChI is InChI=1S/C15H10F4N4/c1-9-20-6-7-23(9)14-21-12(8-13(22-14)15(17,18)19)10-2-4-11(16)5-3-10/h2-8H,1H3. The van der Waals surface area contributed by atoms with Crippen molar-refractivity contribution in [2.45, 2.75) is 13.1 Å². The van der Waals surface area contributed by atoms with E-state index >= 15 is 0 Å². The Bertz CT molecular complexity index is 837. The van der Waals surface area contributed by atoms with E-state index in [1.54, 1.807) is 6.92 Å². The van der Waals surface area contributed by atoms with Crippen molar-refractivity contribution in [2.24, 2.45) is 0 Å². The zero-order valence-electron chi connectivity index (χ0n) is 11.8. The molecule has 0 fully saturated rings. The summed E-state index contributed by atoms with van der Waals surface area (Å²) in [5.41, 5.74) is -0.663. The lowest BCUT2D eigenvalue weighted by molar-refractivity contribution is -0.141. The Morgan fingerprint density at radius 1 is 1.04 bits per heavy atom. The van der Waals surface area contributed by atoms with Crippen molar-refractivity contribution < 1.29 is 17.6 Å². The van der Waals surface area contributed by atoms with Crippen LogP contribution in [0.15, 0.2) is 42.7 Å². The van der Waals surface area contributed by atoms with Crippen LogP contribution in [0, 0.1) is 12.7 Å². The normalized spacial score (nSPS) is 11.7. The van der Waals surface area contributed by atoms with Gasteiger partial charge in [0.2, 0.25) is 5.95 Å². The minimum absolute atomic E-state index is 0.0513. The van der Waals surface area contributed by atoms with Crippen LogP contribution < -0.4 is 0 Å². The molecule has 0 aliphatic rings. The zero-order valence-corrected chi connectivity index (χ0v) is 11.8. The Morgan fingerprint density at radius 3 is 2.30 bits per heavy atom. The minimum Gasteiger partial charge on any atom is -0.272 e. The Kier molecular flexibility index (Phi) is 3.59. The maximum Gasteiger partial charge on any atom is 0.433 e. The van der Waals surface area contributed by atoms with Gasteiger partial charge in [-0.25, -0.2) is 19.3 Å². The summed E-state index contributed by atoms with van der Waals surface area (Å²) in [6.07, 6.45) is -1.71. The first-order valence-corrected chi connectivity index (χ1v) is 6.57. The summed E-state index contributed by atoms with van der Waals surface area (Å²) in [5.74, 6) is -0.173. The van der Waals surface area contributed by atoms with Gasteiger partial charge < -0.3 is 0 Å². The molecule has 2 heterocycles. The summed E-state index contributed by atoms with van der Waals surface area (Å²) in [4.78, 5) is 11.7. The minimum atomic E-state index is -4.62. The quantitative estimate of drug-likeness (QED) is 0.674. The van der Waals surface area contributed by atoms with Crippen molar-refractivity contribution in [3.05, 3.63) is 60.1 Å². The van der Waals surface area contributed by atoms with Crippen LogP contribution in [0.5, 0.6) is 0 Å². The predicted molar refractivity (Wildman–Crippen MR) is 74.3 cm³/mol. The third-order valence-electron chi connectivity index (χ3n) is 3.19. The molecule has 0 aliphatic heterocycles. The van der Waals surface area contributed by atoms with Gasteiger partial charge in [-0.2, -0.15) is 13.2 Å². The lowest BCUT2D eigenvalue weighted by Crippen LogP contribution is -2.13. The van der Waals surface area contributed by atoms with Crippen LogP contribution in [0.4, 0.5) is 17.6 Å². The molecule has 0 saturated carbocycles. The molecule has 0 amide bonds. The van der Waals surface area contributed by atoms with Crippen molar-refractivity contribution in [2.75, 3.05) is 0 Å². The fourth-order valence-corrected chi connectivity index (χ4v) is 2.05. The summed E-state index contributed by atoms with van der Waals surface area (Å²) < 4.78 is 53.6. The van der Waals surface area contributed by atoms with Gasteiger partial charge in [0.15, 0.2) is 5.69 Å². The number of hydrogen-bond acceptors (Lipinski definition) is 3. The van der Waals surface area contributed by atoms with Crippen LogP contribution in [-0.4, -0.2) is 19.5 Å². The van der Waals surface area contributed by atoms with E-state index in [2.05, 4.69) is 15.0 Å². The highest BCUT2D eigenvalue weighted by molar-refractivity contribution is 5.60. The molecular formula is C15H10F4N4. The SMILES string of the molecule is Cc1nccn1-c1nc(-c2ccc(F)cc2)cc(C(F)(F)F)n1. The van der Waals surface area contributed by atoms with Gasteiger partial charge in [-0.15, -0.1) is 0 Å². The van der Waals surface area contributed by atoms with Gasteiger partial charge in [0.25, 0.3) is 0 Å². The first kappa shape index (κ1) is 15.1. The van der Waals surface area contributed by atoms with Crippen molar-refractivity contribution in [1.29, 1.82) is 0 Å². The highest BCUT2D eigenvalue weighted by Crippen LogP contribution is 2.31. The van der Waals surface area contributed by atoms with E-state index in [1.165, 1.54) is 29.1 Å². The lowest BCUT2D eigenvalue weighted by Gasteiger charge is -2.11. The Morgan fingerprint density at radius 2 is 1.74 bits per heavy atom. The molecule has 3 rings (SSSR count). The van der Waals surface area contributed by atoms with E-state index in [0.717, 1.165) is 18.2 Å². The molecule has 1 aromatic carbocycles. The second-order valence-electron chi connectivity index (χ2n) is 4.79. The van der Waals surface area contributed by atoms with Crippen molar-refractivity contribution >= 4 is 0 Å². The summed E-state index contributed by atoms with van der Waals surface area (Å²) in [7, 11) is 0. The molecule has 0 aliphatic carbocycles. The van der Waals surface area contributed by atoms with Gasteiger partial charge in [0.05, 0.1) is 5.69 Å². The second kappa shape index (κ2) is 5.45. The third kappa shape index (κ3) is 3.05. The molecule has 0 unspecified atom stereocenters. The van der Waals surface area contributed by atoms with Gasteiger partial charge in [-0.05, 0) is 37.3 Å². The Labute approximate surface area is 128 Å². The van der Waals surface area contributed by atoms with Crippen LogP contribution in [0.25, 0.3) is 17.2 Å². The molecule has 2 aromatic heterocycles. The van der Waals surface area contributed by atoms with Gasteiger partial charge in [0.1, 0.15) is 11.6 Å². The first-order valence-electron chi connectivity index (χ1n) is 6.57. The maximum atomic E-state index is 13.1. The smallest absolute Gasteiger partial charge is 0.272 e. The molecule has 0 bridgehead atoms. The number of alkyl halides is 3. The first-order chi connectivity index (χ1) is 10.8. The molecule has 4 nitrogen and oxygen atoms in total. The predicted octanol–water partition coefficient (Wildman–Crippen LogP) is 3.80. The second-order valence-corrected chi connectivity index (χ2v) is 4.79. The van der Waals surface area contributed by atoms with Crippen LogP contribution >= 0.6 is 0 Å². The zero-order chi connectivity index (χ0) is 16.6. The number of aromatic nitrogens is 4. The molecule has 0 radical (unpaired) electrons. The van der Waals surface area contributed by atoms with E-state index in [-0.39, 0.29) is 11.6 Å². The Hall–Kier alpha value is -2.77. The number of benzene rings is 1. The average molecular weight is 322 g/mol. The highest BCUT2D eigenvalue weighted by Gasteiger charge is 2.34. The third-order valence-corrected chi connectivity index (χ3v) is 3.19. The van der Waals surface area contributed by atoms with Gasteiger partial charge in [-0.3, -0.25) is 4.57 Å². The molecular weight excluding hydrogens is 312 g/mol. The van der Waals surface area contributed by atoms with E-state index in [9.17, 15) is 17.6 Å². The van der Waals surface area contributed by atoms with Gasteiger partial charge >= 0.3 is 6.18 Å². The number of aryl methyl sites for hydroxylation is 1. The van der Waals surface area contributed by atoms with Gasteiger partial charge in [0, 0.05) is 18.0 Å². The molecule has 118 valence electrons. The number of rotatable bonds is 2. The number of halogens is 4. The molecule has 0 N–H and O–H groups in total. The molecule has 0 spiro atoms. The number of hydrogen-bond donors (Lipinski definition) is 0. The van der Waals surface area contributed by atoms with Crippen molar-refractivity contribution in [1.82, 2.24) is 19.5 Å². The molecule has 8 heteroatoms. The highest BCUT2D eigenvalue weighted by atomic mass is 19.4. The van der Waals surface area contributed by atoms with Gasteiger partial charge in [-0.1, -0.05) is 0 Å². The van der Waals surface area contributed by atoms with E-state index < -0.39 is 17.7 Å². The van der Waals surface area contributed by atoms with Crippen LogP contribution in [0.3, 0.4) is 0 Å². The topological polar surface area (TPSA) is 43.6 Å². The molecule has 3 aromatic rings. The van der Waals surface area contributed by atoms with Crippen molar-refractivity contribution in [3.63, 3.8) is 0 Å². The van der Waals surface area contributed by atoms with E-state index in [1.807, 2.05) is 0 Å². The number of nitrogens with zero attached hydrogens (tertiary/aromatic N) is 4. The largest absolute Gasteiger partial charge is 0.433 e. The average Bonchev–Trinajstić information content (AvgIpc) is 2.93. The summed E-state index contributed by atoms with van der Waals surface area (Å²) in [6, 6.07) is 5.88. The summed E-state index contributed by atoms with van der Waals surface area (Å²) >= 11 is 0. The fraction of sp³-hybridized carbons (Fsp3) is 0.133. The van der Waals surface area contributed by atoms with E-state index in [0.29, 0.717) is 11.4 Å². The molecule has 0 atom stereocenters. The molecule has 0 saturated heterocycles. The number of imidazole rings is 1. The Balaban J connectivity index is 2.20. The van der Waals surface area contributed by atoms with Crippen LogP contribution in [-0.2, 0) is 6.18 Å². The maximum absolute atomic E-state index is 13.1. The van der Waals surface area contributed by atoms with Crippen molar-refractivity contribution in [3.8, 4) is 17.2 Å².